The first-order valence-corrected chi connectivity index (χ1v) is 6.95. The van der Waals surface area contributed by atoms with E-state index in [0.29, 0.717) is 0 Å². The van der Waals surface area contributed by atoms with Gasteiger partial charge in [0.15, 0.2) is 0 Å². The van der Waals surface area contributed by atoms with Gasteiger partial charge in [0.05, 0.1) is 6.54 Å². The van der Waals surface area contributed by atoms with Gasteiger partial charge in [-0.15, -0.1) is 0 Å². The van der Waals surface area contributed by atoms with Crippen molar-refractivity contribution in [2.75, 3.05) is 0 Å². The molecule has 1 aromatic rings. The summed E-state index contributed by atoms with van der Waals surface area (Å²) < 4.78 is 32.9. The molecule has 3 N–H and O–H groups in total. The van der Waals surface area contributed by atoms with Crippen LogP contribution in [0.2, 0.25) is 0 Å². The maximum Gasteiger partial charge on any atom is 0.339 e. The van der Waals surface area contributed by atoms with Gasteiger partial charge >= 0.3 is 5.97 Å². The maximum absolute atomic E-state index is 11.5. The number of carbonyl (C=O) groups is 1. The van der Waals surface area contributed by atoms with Crippen LogP contribution in [0, 0.1) is 6.92 Å². The Morgan fingerprint density at radius 1 is 1.56 bits per heavy atom. The molecule has 0 aliphatic heterocycles. The predicted molar refractivity (Wildman–Crippen MR) is 62.3 cm³/mol. The molecule has 0 atom stereocenters. The van der Waals surface area contributed by atoms with Crippen LogP contribution in [0.1, 0.15) is 34.7 Å². The lowest BCUT2D eigenvalue weighted by Gasteiger charge is -2.05. The number of aryl methyl sites for hydroxylation is 1. The molecular weight excluding hydrogens is 260 g/mol. The number of carboxylic acid groups (broad SMARTS) is 1. The van der Waals surface area contributed by atoms with E-state index < -0.39 is 16.2 Å². The molecule has 0 radical (unpaired) electrons. The monoisotopic (exact) mass is 274 g/mol. The molecule has 0 aromatic carbocycles. The number of hydrogen-bond donors (Lipinski definition) is 3. The summed E-state index contributed by atoms with van der Waals surface area (Å²) in [7, 11) is -3.55. The summed E-state index contributed by atoms with van der Waals surface area (Å²) in [6, 6.07) is 1.34. The predicted octanol–water partition coefficient (Wildman–Crippen LogP) is 0.373. The fourth-order valence-corrected chi connectivity index (χ4v) is 2.56. The molecule has 1 heterocycles. The largest absolute Gasteiger partial charge is 0.478 e. The second kappa shape index (κ2) is 4.71. The lowest BCUT2D eigenvalue weighted by atomic mass is 10.2. The molecule has 18 heavy (non-hydrogen) atoms. The second-order valence-corrected chi connectivity index (χ2v) is 5.74. The van der Waals surface area contributed by atoms with Gasteiger partial charge in [-0.2, -0.15) is 17.9 Å². The van der Waals surface area contributed by atoms with Crippen LogP contribution in [0.4, 0.5) is 0 Å². The first kappa shape index (κ1) is 13.1. The Morgan fingerprint density at radius 2 is 2.22 bits per heavy atom. The van der Waals surface area contributed by atoms with Gasteiger partial charge in [0.2, 0.25) is 0 Å². The highest BCUT2D eigenvalue weighted by Crippen LogP contribution is 2.19. The Balaban J connectivity index is 1.97. The van der Waals surface area contributed by atoms with Crippen molar-refractivity contribution in [3.05, 3.63) is 23.2 Å². The summed E-state index contributed by atoms with van der Waals surface area (Å²) in [4.78, 5) is 10.8. The molecule has 1 aliphatic rings. The highest BCUT2D eigenvalue weighted by molar-refractivity contribution is 7.87. The van der Waals surface area contributed by atoms with Crippen LogP contribution in [-0.2, 0) is 16.8 Å². The van der Waals surface area contributed by atoms with Crippen molar-refractivity contribution in [3.63, 3.8) is 0 Å². The quantitative estimate of drug-likeness (QED) is 0.694. The van der Waals surface area contributed by atoms with Gasteiger partial charge in [0.25, 0.3) is 10.2 Å². The summed E-state index contributed by atoms with van der Waals surface area (Å²) >= 11 is 0. The normalized spacial score (nSPS) is 15.8. The first-order valence-electron chi connectivity index (χ1n) is 5.47. The molecule has 0 amide bonds. The van der Waals surface area contributed by atoms with Crippen LogP contribution in [0.3, 0.4) is 0 Å². The number of nitrogens with one attached hydrogen (secondary N) is 2. The Morgan fingerprint density at radius 3 is 2.72 bits per heavy atom. The molecule has 8 heteroatoms. The molecule has 0 saturated heterocycles. The van der Waals surface area contributed by atoms with E-state index in [2.05, 4.69) is 9.44 Å². The third-order valence-electron chi connectivity index (χ3n) is 2.53. The topological polar surface area (TPSA) is 109 Å². The fraction of sp³-hybridized carbons (Fsp3) is 0.500. The van der Waals surface area contributed by atoms with E-state index in [-0.39, 0.29) is 29.7 Å². The van der Waals surface area contributed by atoms with E-state index in [1.54, 1.807) is 0 Å². The summed E-state index contributed by atoms with van der Waals surface area (Å²) in [6.45, 7) is 1.44. The van der Waals surface area contributed by atoms with Crippen molar-refractivity contribution in [3.8, 4) is 0 Å². The Hall–Kier alpha value is -1.38. The molecule has 1 fully saturated rings. The number of rotatable bonds is 6. The van der Waals surface area contributed by atoms with Crippen LogP contribution in [0.5, 0.6) is 0 Å². The molecule has 7 nitrogen and oxygen atoms in total. The molecule has 1 aliphatic carbocycles. The lowest BCUT2D eigenvalue weighted by Crippen LogP contribution is -2.37. The van der Waals surface area contributed by atoms with Crippen LogP contribution in [-0.4, -0.2) is 25.5 Å². The van der Waals surface area contributed by atoms with Crippen molar-refractivity contribution in [1.82, 2.24) is 9.44 Å². The molecule has 0 unspecified atom stereocenters. The minimum atomic E-state index is -3.55. The molecule has 1 saturated carbocycles. The lowest BCUT2D eigenvalue weighted by molar-refractivity contribution is 0.0695. The van der Waals surface area contributed by atoms with Gasteiger partial charge in [0.1, 0.15) is 17.1 Å². The van der Waals surface area contributed by atoms with Gasteiger partial charge in [-0.1, -0.05) is 0 Å². The average molecular weight is 274 g/mol. The molecule has 0 bridgehead atoms. The summed E-state index contributed by atoms with van der Waals surface area (Å²) in [5, 5.41) is 8.82. The summed E-state index contributed by atoms with van der Waals surface area (Å²) in [5.74, 6) is -0.570. The van der Waals surface area contributed by atoms with Gasteiger partial charge in [-0.3, -0.25) is 0 Å². The zero-order valence-corrected chi connectivity index (χ0v) is 10.6. The third-order valence-corrected chi connectivity index (χ3v) is 3.70. The Bertz CT molecular complexity index is 559. The minimum absolute atomic E-state index is 0.0235. The standard InChI is InChI=1S/C10H14N2O5S/c1-6-9(10(13)14)4-8(17-6)5-11-18(15,16)12-7-2-3-7/h4,7,11-12H,2-3,5H2,1H3,(H,13,14). The van der Waals surface area contributed by atoms with E-state index >= 15 is 0 Å². The summed E-state index contributed by atoms with van der Waals surface area (Å²) in [5.41, 5.74) is 0.0411. The highest BCUT2D eigenvalue weighted by atomic mass is 32.2. The zero-order valence-electron chi connectivity index (χ0n) is 9.76. The molecule has 100 valence electrons. The summed E-state index contributed by atoms with van der Waals surface area (Å²) in [6.07, 6.45) is 1.70. The van der Waals surface area contributed by atoms with Crippen LogP contribution < -0.4 is 9.44 Å². The number of furan rings is 1. The second-order valence-electron chi connectivity index (χ2n) is 4.20. The minimum Gasteiger partial charge on any atom is -0.478 e. The van der Waals surface area contributed by atoms with Gasteiger partial charge in [0, 0.05) is 6.04 Å². The van der Waals surface area contributed by atoms with Crippen molar-refractivity contribution < 1.29 is 22.7 Å². The van der Waals surface area contributed by atoms with E-state index in [9.17, 15) is 13.2 Å². The van der Waals surface area contributed by atoms with Gasteiger partial charge < -0.3 is 9.52 Å². The van der Waals surface area contributed by atoms with E-state index in [1.165, 1.54) is 13.0 Å². The Kier molecular flexibility index (Phi) is 3.42. The first-order chi connectivity index (χ1) is 8.37. The maximum atomic E-state index is 11.5. The zero-order chi connectivity index (χ0) is 13.3. The SMILES string of the molecule is Cc1oc(CNS(=O)(=O)NC2CC2)cc1C(=O)O. The van der Waals surface area contributed by atoms with Gasteiger partial charge in [-0.05, 0) is 25.8 Å². The van der Waals surface area contributed by atoms with E-state index in [1.807, 2.05) is 0 Å². The average Bonchev–Trinajstić information content (AvgIpc) is 2.96. The highest BCUT2D eigenvalue weighted by Gasteiger charge is 2.26. The Labute approximate surface area is 104 Å². The van der Waals surface area contributed by atoms with Crippen molar-refractivity contribution in [1.29, 1.82) is 0 Å². The number of aromatic carboxylic acids is 1. The van der Waals surface area contributed by atoms with Crippen molar-refractivity contribution >= 4 is 16.2 Å². The van der Waals surface area contributed by atoms with E-state index in [4.69, 9.17) is 9.52 Å². The smallest absolute Gasteiger partial charge is 0.339 e. The van der Waals surface area contributed by atoms with Gasteiger partial charge in [-0.25, -0.2) is 4.79 Å². The fourth-order valence-electron chi connectivity index (χ4n) is 1.47. The van der Waals surface area contributed by atoms with Crippen LogP contribution in [0.15, 0.2) is 10.5 Å². The van der Waals surface area contributed by atoms with E-state index in [0.717, 1.165) is 12.8 Å². The number of hydrogen-bond acceptors (Lipinski definition) is 4. The van der Waals surface area contributed by atoms with Crippen molar-refractivity contribution in [2.24, 2.45) is 0 Å². The molecule has 1 aromatic heterocycles. The third kappa shape index (κ3) is 3.31. The van der Waals surface area contributed by atoms with Crippen LogP contribution >= 0.6 is 0 Å². The van der Waals surface area contributed by atoms with Crippen molar-refractivity contribution in [2.45, 2.75) is 32.4 Å². The molecule has 2 rings (SSSR count). The van der Waals surface area contributed by atoms with Crippen LogP contribution in [0.25, 0.3) is 0 Å². The molecule has 0 spiro atoms. The number of carboxylic acids is 1. The molecular formula is C10H14N2O5S.